The quantitative estimate of drug-likeness (QED) is 0.868. The minimum atomic E-state index is -3.80. The van der Waals surface area contributed by atoms with E-state index in [0.717, 1.165) is 30.6 Å². The van der Waals surface area contributed by atoms with E-state index in [4.69, 9.17) is 10.7 Å². The number of anilines is 1. The molecule has 8 heteroatoms. The Morgan fingerprint density at radius 2 is 2.16 bits per heavy atom. The largest absolute Gasteiger partial charge is 0.302 e. The summed E-state index contributed by atoms with van der Waals surface area (Å²) in [5.41, 5.74) is 0.315. The lowest BCUT2D eigenvalue weighted by atomic mass is 9.97. The number of halogens is 1. The molecule has 0 aromatic carbocycles. The molecule has 1 saturated carbocycles. The molecule has 2 atom stereocenters. The van der Waals surface area contributed by atoms with E-state index in [1.54, 1.807) is 6.92 Å². The highest BCUT2D eigenvalue weighted by atomic mass is 35.7. The molecule has 0 bridgehead atoms. The van der Waals surface area contributed by atoms with Gasteiger partial charge in [-0.3, -0.25) is 4.79 Å². The van der Waals surface area contributed by atoms with Gasteiger partial charge in [0.25, 0.3) is 9.05 Å². The van der Waals surface area contributed by atoms with Gasteiger partial charge in [-0.25, -0.2) is 13.4 Å². The summed E-state index contributed by atoms with van der Waals surface area (Å²) < 4.78 is 22.6. The first-order valence-electron chi connectivity index (χ1n) is 6.02. The first kappa shape index (κ1) is 14.7. The maximum absolute atomic E-state index is 12.1. The fraction of sp³-hybridized carbons (Fsp3) is 0.636. The van der Waals surface area contributed by atoms with Gasteiger partial charge >= 0.3 is 0 Å². The number of amides is 1. The van der Waals surface area contributed by atoms with Gasteiger partial charge in [0, 0.05) is 16.6 Å². The molecule has 2 unspecified atom stereocenters. The molecule has 0 saturated heterocycles. The van der Waals surface area contributed by atoms with Crippen molar-refractivity contribution in [3.63, 3.8) is 0 Å². The lowest BCUT2D eigenvalue weighted by Gasteiger charge is -2.13. The number of aromatic nitrogens is 1. The number of nitrogens with one attached hydrogen (secondary N) is 1. The Morgan fingerprint density at radius 3 is 2.63 bits per heavy atom. The van der Waals surface area contributed by atoms with Crippen LogP contribution >= 0.6 is 22.0 Å². The van der Waals surface area contributed by atoms with E-state index in [0.29, 0.717) is 16.7 Å². The van der Waals surface area contributed by atoms with Crippen molar-refractivity contribution in [1.29, 1.82) is 0 Å². The highest BCUT2D eigenvalue weighted by Gasteiger charge is 2.30. The van der Waals surface area contributed by atoms with Crippen molar-refractivity contribution in [2.24, 2.45) is 11.8 Å². The summed E-state index contributed by atoms with van der Waals surface area (Å²) >= 11 is 0.892. The van der Waals surface area contributed by atoms with Crippen LogP contribution < -0.4 is 5.32 Å². The van der Waals surface area contributed by atoms with Crippen molar-refractivity contribution >= 4 is 42.1 Å². The third-order valence-electron chi connectivity index (χ3n) is 3.40. The second-order valence-corrected chi connectivity index (χ2v) is 8.59. The summed E-state index contributed by atoms with van der Waals surface area (Å²) in [5, 5.41) is 2.99. The van der Waals surface area contributed by atoms with Crippen LogP contribution in [-0.4, -0.2) is 19.3 Å². The third-order valence-corrected chi connectivity index (χ3v) is 6.66. The molecule has 1 aromatic rings. The summed E-state index contributed by atoms with van der Waals surface area (Å²) in [6, 6.07) is 0. The van der Waals surface area contributed by atoms with Crippen molar-refractivity contribution in [3.8, 4) is 0 Å². The molecule has 0 spiro atoms. The molecule has 1 aromatic heterocycles. The van der Waals surface area contributed by atoms with Crippen LogP contribution in [0.1, 0.15) is 31.9 Å². The molecule has 5 nitrogen and oxygen atoms in total. The van der Waals surface area contributed by atoms with Gasteiger partial charge in [0.15, 0.2) is 9.34 Å². The summed E-state index contributed by atoms with van der Waals surface area (Å²) in [4.78, 5) is 16.1. The van der Waals surface area contributed by atoms with Crippen molar-refractivity contribution in [1.82, 2.24) is 4.98 Å². The van der Waals surface area contributed by atoms with Gasteiger partial charge in [0.1, 0.15) is 0 Å². The average molecular weight is 323 g/mol. The second-order valence-electron chi connectivity index (χ2n) is 4.83. The highest BCUT2D eigenvalue weighted by Crippen LogP contribution is 2.34. The molecule has 1 heterocycles. The van der Waals surface area contributed by atoms with Crippen LogP contribution in [-0.2, 0) is 13.8 Å². The Kier molecular flexibility index (Phi) is 4.17. The van der Waals surface area contributed by atoms with Crippen LogP contribution in [0.5, 0.6) is 0 Å². The van der Waals surface area contributed by atoms with Crippen molar-refractivity contribution < 1.29 is 13.2 Å². The van der Waals surface area contributed by atoms with E-state index in [2.05, 4.69) is 17.2 Å². The Balaban J connectivity index is 2.14. The van der Waals surface area contributed by atoms with E-state index in [-0.39, 0.29) is 16.0 Å². The van der Waals surface area contributed by atoms with Gasteiger partial charge in [0.05, 0.1) is 5.69 Å². The minimum Gasteiger partial charge on any atom is -0.302 e. The van der Waals surface area contributed by atoms with Gasteiger partial charge < -0.3 is 5.32 Å². The van der Waals surface area contributed by atoms with Crippen molar-refractivity contribution in [2.75, 3.05) is 5.32 Å². The normalized spacial score (nSPS) is 23.5. The maximum atomic E-state index is 12.1. The van der Waals surface area contributed by atoms with Gasteiger partial charge in [0.2, 0.25) is 5.91 Å². The Morgan fingerprint density at radius 1 is 1.47 bits per heavy atom. The van der Waals surface area contributed by atoms with Crippen LogP contribution in [0.2, 0.25) is 0 Å². The van der Waals surface area contributed by atoms with Gasteiger partial charge in [-0.15, -0.1) is 0 Å². The zero-order valence-corrected chi connectivity index (χ0v) is 13.0. The van der Waals surface area contributed by atoms with Crippen LogP contribution in [0.4, 0.5) is 5.13 Å². The average Bonchev–Trinajstić information content (AvgIpc) is 2.83. The zero-order chi connectivity index (χ0) is 14.2. The predicted octanol–water partition coefficient (Wildman–Crippen LogP) is 2.75. The SMILES string of the molecule is Cc1nc(NC(=O)C2CCCC2C)sc1S(=O)(=O)Cl. The monoisotopic (exact) mass is 322 g/mol. The number of nitrogens with zero attached hydrogens (tertiary/aromatic N) is 1. The molecule has 0 radical (unpaired) electrons. The molecule has 19 heavy (non-hydrogen) atoms. The van der Waals surface area contributed by atoms with E-state index in [1.807, 2.05) is 0 Å². The number of thiazole rings is 1. The van der Waals surface area contributed by atoms with Crippen molar-refractivity contribution in [3.05, 3.63) is 5.69 Å². The number of carbonyl (C=O) groups excluding carboxylic acids is 1. The number of carbonyl (C=O) groups is 1. The van der Waals surface area contributed by atoms with E-state index >= 15 is 0 Å². The number of rotatable bonds is 3. The van der Waals surface area contributed by atoms with Crippen LogP contribution in [0, 0.1) is 18.8 Å². The number of aryl methyl sites for hydroxylation is 1. The lowest BCUT2D eigenvalue weighted by molar-refractivity contribution is -0.120. The summed E-state index contributed by atoms with van der Waals surface area (Å²) in [6.07, 6.45) is 2.98. The van der Waals surface area contributed by atoms with Gasteiger partial charge in [-0.1, -0.05) is 24.7 Å². The summed E-state index contributed by atoms with van der Waals surface area (Å²) in [5.74, 6) is 0.259. The van der Waals surface area contributed by atoms with Gasteiger partial charge in [-0.2, -0.15) is 0 Å². The van der Waals surface area contributed by atoms with E-state index < -0.39 is 9.05 Å². The fourth-order valence-corrected chi connectivity index (χ4v) is 4.75. The van der Waals surface area contributed by atoms with E-state index in [9.17, 15) is 13.2 Å². The van der Waals surface area contributed by atoms with E-state index in [1.165, 1.54) is 0 Å². The Hall–Kier alpha value is -0.660. The van der Waals surface area contributed by atoms with Crippen LogP contribution in [0.25, 0.3) is 0 Å². The molecule has 0 aliphatic heterocycles. The van der Waals surface area contributed by atoms with Crippen LogP contribution in [0.15, 0.2) is 4.21 Å². The highest BCUT2D eigenvalue weighted by molar-refractivity contribution is 8.15. The predicted molar refractivity (Wildman–Crippen MR) is 75.0 cm³/mol. The molecular weight excluding hydrogens is 308 g/mol. The Bertz CT molecular complexity index is 597. The molecule has 1 fully saturated rings. The first-order valence-corrected chi connectivity index (χ1v) is 9.14. The Labute approximate surface area is 120 Å². The summed E-state index contributed by atoms with van der Waals surface area (Å²) in [6.45, 7) is 3.61. The zero-order valence-electron chi connectivity index (χ0n) is 10.6. The standard InChI is InChI=1S/C11H15ClN2O3S2/c1-6-4-3-5-8(6)9(15)14-11-13-7(2)10(18-11)19(12,16)17/h6,8H,3-5H2,1-2H3,(H,13,14,15). The minimum absolute atomic E-state index is 0.0102. The lowest BCUT2D eigenvalue weighted by Crippen LogP contribution is -2.24. The van der Waals surface area contributed by atoms with Crippen LogP contribution in [0.3, 0.4) is 0 Å². The molecule has 1 aliphatic carbocycles. The first-order chi connectivity index (χ1) is 8.79. The molecule has 106 valence electrons. The van der Waals surface area contributed by atoms with Gasteiger partial charge in [-0.05, 0) is 25.7 Å². The molecular formula is C11H15ClN2O3S2. The molecule has 1 aliphatic rings. The summed E-state index contributed by atoms with van der Waals surface area (Å²) in [7, 11) is 1.49. The molecule has 1 amide bonds. The van der Waals surface area contributed by atoms with Crippen molar-refractivity contribution in [2.45, 2.75) is 37.3 Å². The molecule has 1 N–H and O–H groups in total. The second kappa shape index (κ2) is 5.38. The maximum Gasteiger partial charge on any atom is 0.272 e. The third kappa shape index (κ3) is 3.27. The fourth-order valence-electron chi connectivity index (χ4n) is 2.40. The smallest absolute Gasteiger partial charge is 0.272 e. The topological polar surface area (TPSA) is 76.1 Å². The number of hydrogen-bond donors (Lipinski definition) is 1. The number of hydrogen-bond acceptors (Lipinski definition) is 5. The molecule has 2 rings (SSSR count).